The number of halogens is 4. The van der Waals surface area contributed by atoms with Crippen LogP contribution < -0.4 is 10.9 Å². The summed E-state index contributed by atoms with van der Waals surface area (Å²) in [5, 5.41) is 11.1. The first-order chi connectivity index (χ1) is 14.1. The number of benzene rings is 2. The third-order valence-electron chi connectivity index (χ3n) is 4.22. The van der Waals surface area contributed by atoms with E-state index in [1.807, 2.05) is 0 Å². The summed E-state index contributed by atoms with van der Waals surface area (Å²) in [7, 11) is 0. The summed E-state index contributed by atoms with van der Waals surface area (Å²) in [6.07, 6.45) is -1.69. The molecule has 0 spiro atoms. The number of carboxylic acid groups (broad SMARTS) is 1. The van der Waals surface area contributed by atoms with Gasteiger partial charge in [-0.15, -0.1) is 0 Å². The maximum Gasteiger partial charge on any atom is 0.418 e. The fourth-order valence-corrected chi connectivity index (χ4v) is 2.93. The van der Waals surface area contributed by atoms with Crippen LogP contribution in [0.4, 0.5) is 24.7 Å². The second-order valence-corrected chi connectivity index (χ2v) is 6.76. The molecular weight excluding hydrogens is 423 g/mol. The number of hydrogen-bond acceptors (Lipinski definition) is 4. The SMILES string of the molecule is O=C(O)CCc1ccc(-n2ccnc(Nc3ccc(Cl)cc3C(F)(F)F)c2=O)cc1. The topological polar surface area (TPSA) is 84.2 Å². The number of hydrogen-bond donors (Lipinski definition) is 2. The molecule has 0 saturated heterocycles. The minimum atomic E-state index is -4.67. The number of aliphatic carboxylic acids is 1. The van der Waals surface area contributed by atoms with Crippen LogP contribution in [-0.4, -0.2) is 20.6 Å². The molecule has 30 heavy (non-hydrogen) atoms. The Bertz CT molecular complexity index is 1130. The zero-order valence-corrected chi connectivity index (χ0v) is 16.0. The first-order valence-electron chi connectivity index (χ1n) is 8.67. The standard InChI is InChI=1S/C20H15ClF3N3O3/c21-13-4-7-16(15(11-13)20(22,23)24)26-18-19(30)27(10-9-25-18)14-5-1-12(2-6-14)3-8-17(28)29/h1-2,4-7,9-11H,3,8H2,(H,25,26)(H,28,29). The highest BCUT2D eigenvalue weighted by Gasteiger charge is 2.34. The van der Waals surface area contributed by atoms with Gasteiger partial charge in [-0.1, -0.05) is 23.7 Å². The van der Waals surface area contributed by atoms with Crippen molar-refractivity contribution in [3.63, 3.8) is 0 Å². The van der Waals surface area contributed by atoms with Gasteiger partial charge in [-0.2, -0.15) is 13.2 Å². The smallest absolute Gasteiger partial charge is 0.418 e. The molecule has 0 saturated carbocycles. The molecule has 0 aliphatic carbocycles. The molecule has 2 aromatic carbocycles. The first kappa shape index (κ1) is 21.4. The summed E-state index contributed by atoms with van der Waals surface area (Å²) < 4.78 is 41.1. The molecule has 3 rings (SSSR count). The predicted molar refractivity (Wildman–Crippen MR) is 106 cm³/mol. The van der Waals surface area contributed by atoms with Crippen molar-refractivity contribution in [2.75, 3.05) is 5.32 Å². The van der Waals surface area contributed by atoms with E-state index in [0.29, 0.717) is 12.1 Å². The van der Waals surface area contributed by atoms with E-state index in [0.717, 1.165) is 17.7 Å². The van der Waals surface area contributed by atoms with Crippen molar-refractivity contribution < 1.29 is 23.1 Å². The molecular formula is C20H15ClF3N3O3. The molecule has 3 aromatic rings. The highest BCUT2D eigenvalue weighted by molar-refractivity contribution is 6.30. The zero-order chi connectivity index (χ0) is 21.9. The number of anilines is 2. The number of carbonyl (C=O) groups is 1. The fourth-order valence-electron chi connectivity index (χ4n) is 2.76. The Morgan fingerprint density at radius 1 is 1.17 bits per heavy atom. The first-order valence-corrected chi connectivity index (χ1v) is 9.05. The molecule has 0 unspecified atom stereocenters. The number of carboxylic acids is 1. The predicted octanol–water partition coefficient (Wildman–Crippen LogP) is 4.67. The van der Waals surface area contributed by atoms with Gasteiger partial charge in [0, 0.05) is 29.5 Å². The largest absolute Gasteiger partial charge is 0.481 e. The Hall–Kier alpha value is -3.33. The summed E-state index contributed by atoms with van der Waals surface area (Å²) in [5.41, 5.74) is -0.791. The van der Waals surface area contributed by atoms with Gasteiger partial charge >= 0.3 is 12.1 Å². The van der Waals surface area contributed by atoms with Crippen molar-refractivity contribution in [1.82, 2.24) is 9.55 Å². The molecule has 10 heteroatoms. The summed E-state index contributed by atoms with van der Waals surface area (Å²) in [5.74, 6) is -1.21. The Labute approximate surface area is 173 Å². The third-order valence-corrected chi connectivity index (χ3v) is 4.46. The lowest BCUT2D eigenvalue weighted by molar-refractivity contribution is -0.137. The summed E-state index contributed by atoms with van der Waals surface area (Å²) in [4.78, 5) is 27.3. The minimum Gasteiger partial charge on any atom is -0.481 e. The number of alkyl halides is 3. The Balaban J connectivity index is 1.92. The Kier molecular flexibility index (Phi) is 6.12. The molecule has 1 aromatic heterocycles. The normalized spacial score (nSPS) is 11.3. The van der Waals surface area contributed by atoms with Crippen molar-refractivity contribution >= 4 is 29.1 Å². The Morgan fingerprint density at radius 2 is 1.87 bits per heavy atom. The van der Waals surface area contributed by atoms with E-state index in [1.165, 1.54) is 23.0 Å². The average Bonchev–Trinajstić information content (AvgIpc) is 2.69. The summed E-state index contributed by atoms with van der Waals surface area (Å²) in [6, 6.07) is 9.76. The van der Waals surface area contributed by atoms with Crippen LogP contribution in [0.3, 0.4) is 0 Å². The maximum atomic E-state index is 13.3. The van der Waals surface area contributed by atoms with Crippen molar-refractivity contribution in [3.8, 4) is 5.69 Å². The van der Waals surface area contributed by atoms with Crippen LogP contribution in [0.25, 0.3) is 5.69 Å². The van der Waals surface area contributed by atoms with Crippen LogP contribution in [0.5, 0.6) is 0 Å². The quantitative estimate of drug-likeness (QED) is 0.585. The molecule has 2 N–H and O–H groups in total. The van der Waals surface area contributed by atoms with Gasteiger partial charge in [0.25, 0.3) is 5.56 Å². The monoisotopic (exact) mass is 437 g/mol. The highest BCUT2D eigenvalue weighted by atomic mass is 35.5. The molecule has 0 aliphatic heterocycles. The lowest BCUT2D eigenvalue weighted by Gasteiger charge is -2.15. The second kappa shape index (κ2) is 8.58. The van der Waals surface area contributed by atoms with Gasteiger partial charge in [-0.25, -0.2) is 4.98 Å². The maximum absolute atomic E-state index is 13.3. The van der Waals surface area contributed by atoms with Gasteiger partial charge in [-0.3, -0.25) is 14.2 Å². The number of nitrogens with zero attached hydrogens (tertiary/aromatic N) is 2. The third kappa shape index (κ3) is 4.98. The number of nitrogens with one attached hydrogen (secondary N) is 1. The number of aryl methyl sites for hydroxylation is 1. The van der Waals surface area contributed by atoms with Crippen molar-refractivity contribution in [1.29, 1.82) is 0 Å². The summed E-state index contributed by atoms with van der Waals surface area (Å²) >= 11 is 5.67. The molecule has 0 atom stereocenters. The zero-order valence-electron chi connectivity index (χ0n) is 15.3. The van der Waals surface area contributed by atoms with E-state index < -0.39 is 23.3 Å². The van der Waals surface area contributed by atoms with Gasteiger partial charge in [0.2, 0.25) is 0 Å². The molecule has 0 bridgehead atoms. The molecule has 156 valence electrons. The van der Waals surface area contributed by atoms with Crippen molar-refractivity contribution in [3.05, 3.63) is 81.4 Å². The minimum absolute atomic E-state index is 0.0226. The van der Waals surface area contributed by atoms with Crippen LogP contribution in [0.1, 0.15) is 17.5 Å². The van der Waals surface area contributed by atoms with Crippen LogP contribution in [0.15, 0.2) is 59.7 Å². The molecule has 1 heterocycles. The lowest BCUT2D eigenvalue weighted by Crippen LogP contribution is -2.22. The fraction of sp³-hybridized carbons (Fsp3) is 0.150. The van der Waals surface area contributed by atoms with Gasteiger partial charge in [0.15, 0.2) is 5.82 Å². The second-order valence-electron chi connectivity index (χ2n) is 6.32. The van der Waals surface area contributed by atoms with E-state index in [4.69, 9.17) is 16.7 Å². The van der Waals surface area contributed by atoms with Crippen LogP contribution in [0.2, 0.25) is 5.02 Å². The van der Waals surface area contributed by atoms with Gasteiger partial charge in [0.05, 0.1) is 11.3 Å². The highest BCUT2D eigenvalue weighted by Crippen LogP contribution is 2.37. The van der Waals surface area contributed by atoms with Gasteiger partial charge in [0.1, 0.15) is 0 Å². The van der Waals surface area contributed by atoms with Crippen LogP contribution >= 0.6 is 11.6 Å². The Morgan fingerprint density at radius 3 is 2.50 bits per heavy atom. The number of rotatable bonds is 6. The molecule has 0 fully saturated rings. The van der Waals surface area contributed by atoms with E-state index in [-0.39, 0.29) is 22.9 Å². The van der Waals surface area contributed by atoms with Crippen LogP contribution in [-0.2, 0) is 17.4 Å². The van der Waals surface area contributed by atoms with E-state index in [2.05, 4.69) is 10.3 Å². The molecule has 0 amide bonds. The van der Waals surface area contributed by atoms with Gasteiger partial charge in [-0.05, 0) is 42.3 Å². The average molecular weight is 438 g/mol. The van der Waals surface area contributed by atoms with Gasteiger partial charge < -0.3 is 10.4 Å². The van der Waals surface area contributed by atoms with E-state index in [1.54, 1.807) is 24.3 Å². The van der Waals surface area contributed by atoms with E-state index in [9.17, 15) is 22.8 Å². The van der Waals surface area contributed by atoms with Crippen molar-refractivity contribution in [2.24, 2.45) is 0 Å². The number of aromatic nitrogens is 2. The van der Waals surface area contributed by atoms with Crippen molar-refractivity contribution in [2.45, 2.75) is 19.0 Å². The molecule has 0 radical (unpaired) electrons. The summed E-state index contributed by atoms with van der Waals surface area (Å²) in [6.45, 7) is 0. The molecule has 0 aliphatic rings. The van der Waals surface area contributed by atoms with Crippen LogP contribution in [0, 0.1) is 0 Å². The van der Waals surface area contributed by atoms with E-state index >= 15 is 0 Å². The lowest BCUT2D eigenvalue weighted by atomic mass is 10.1. The molecule has 6 nitrogen and oxygen atoms in total.